The predicted octanol–water partition coefficient (Wildman–Crippen LogP) is 2.27. The van der Waals surface area contributed by atoms with Crippen molar-refractivity contribution in [3.05, 3.63) is 34.1 Å². The molecule has 0 aromatic heterocycles. The Kier molecular flexibility index (Phi) is 2.44. The molecule has 0 unspecified atom stereocenters. The number of non-ortho nitro benzene ring substituents is 1. The number of nitrogens with zero attached hydrogens (tertiary/aromatic N) is 1. The van der Waals surface area contributed by atoms with E-state index in [1.807, 2.05) is 0 Å². The molecule has 0 heterocycles. The van der Waals surface area contributed by atoms with Gasteiger partial charge in [-0.2, -0.15) is 0 Å². The minimum absolute atomic E-state index is 0.271. The van der Waals surface area contributed by atoms with E-state index in [4.69, 9.17) is 11.9 Å². The number of nitro benzene ring substituents is 1. The Bertz CT molecular complexity index is 318. The normalized spacial score (nSPS) is 9.50. The van der Waals surface area contributed by atoms with Crippen molar-refractivity contribution in [3.63, 3.8) is 0 Å². The standard InChI is InChI=1S/C6H3ClFNO3/c7-12-6-3-4(9(10)11)1-2-5(6)8/h1-3H. The zero-order valence-corrected chi connectivity index (χ0v) is 6.42. The Balaban J connectivity index is 3.13. The number of benzene rings is 1. The Hall–Kier alpha value is -1.36. The van der Waals surface area contributed by atoms with Gasteiger partial charge < -0.3 is 4.29 Å². The summed E-state index contributed by atoms with van der Waals surface area (Å²) in [5.41, 5.74) is -0.271. The molecule has 0 aliphatic rings. The molecular formula is C6H3ClFNO3. The molecule has 0 N–H and O–H groups in total. The summed E-state index contributed by atoms with van der Waals surface area (Å²) in [6.07, 6.45) is 0. The smallest absolute Gasteiger partial charge is 0.273 e. The van der Waals surface area contributed by atoms with E-state index in [-0.39, 0.29) is 11.4 Å². The lowest BCUT2D eigenvalue weighted by molar-refractivity contribution is -0.385. The SMILES string of the molecule is O=[N+]([O-])c1ccc(F)c(OCl)c1. The summed E-state index contributed by atoms with van der Waals surface area (Å²) in [5, 5.41) is 10.2. The fourth-order valence-electron chi connectivity index (χ4n) is 0.665. The van der Waals surface area contributed by atoms with Gasteiger partial charge >= 0.3 is 0 Å². The average Bonchev–Trinajstić information content (AvgIpc) is 2.05. The van der Waals surface area contributed by atoms with Crippen LogP contribution < -0.4 is 4.29 Å². The maximum absolute atomic E-state index is 12.6. The van der Waals surface area contributed by atoms with E-state index in [9.17, 15) is 14.5 Å². The van der Waals surface area contributed by atoms with Gasteiger partial charge in [0.15, 0.2) is 11.6 Å². The van der Waals surface area contributed by atoms with E-state index in [1.165, 1.54) is 0 Å². The number of rotatable bonds is 2. The second-order valence-corrected chi connectivity index (χ2v) is 2.10. The fraction of sp³-hybridized carbons (Fsp3) is 0. The van der Waals surface area contributed by atoms with Gasteiger partial charge in [0.25, 0.3) is 5.69 Å². The maximum Gasteiger partial charge on any atom is 0.273 e. The zero-order valence-electron chi connectivity index (χ0n) is 5.66. The fourth-order valence-corrected chi connectivity index (χ4v) is 0.783. The Labute approximate surface area is 71.8 Å². The van der Waals surface area contributed by atoms with Crippen LogP contribution in [0.25, 0.3) is 0 Å². The van der Waals surface area contributed by atoms with E-state index < -0.39 is 10.7 Å². The van der Waals surface area contributed by atoms with Crippen molar-refractivity contribution < 1.29 is 13.6 Å². The van der Waals surface area contributed by atoms with Crippen molar-refractivity contribution in [2.24, 2.45) is 0 Å². The second kappa shape index (κ2) is 3.36. The molecule has 0 aliphatic carbocycles. The highest BCUT2D eigenvalue weighted by Crippen LogP contribution is 2.23. The second-order valence-electron chi connectivity index (χ2n) is 1.95. The van der Waals surface area contributed by atoms with Crippen molar-refractivity contribution in [1.29, 1.82) is 0 Å². The molecule has 0 fully saturated rings. The molecule has 1 rings (SSSR count). The topological polar surface area (TPSA) is 52.4 Å². The first kappa shape index (κ1) is 8.73. The third-order valence-corrected chi connectivity index (χ3v) is 1.37. The molecule has 0 bridgehead atoms. The molecule has 0 aliphatic heterocycles. The third kappa shape index (κ3) is 1.62. The van der Waals surface area contributed by atoms with Crippen LogP contribution >= 0.6 is 11.9 Å². The van der Waals surface area contributed by atoms with Crippen molar-refractivity contribution >= 4 is 17.6 Å². The van der Waals surface area contributed by atoms with Gasteiger partial charge in [-0.1, -0.05) is 0 Å². The quantitative estimate of drug-likeness (QED) is 0.532. The lowest BCUT2D eigenvalue weighted by Crippen LogP contribution is -1.89. The van der Waals surface area contributed by atoms with E-state index in [0.717, 1.165) is 18.2 Å². The molecular weight excluding hydrogens is 189 g/mol. The minimum atomic E-state index is -0.740. The Morgan fingerprint density at radius 1 is 1.58 bits per heavy atom. The first-order valence-electron chi connectivity index (χ1n) is 2.87. The number of hydrogen-bond donors (Lipinski definition) is 0. The highest BCUT2D eigenvalue weighted by molar-refractivity contribution is 6.09. The first-order chi connectivity index (χ1) is 5.65. The molecule has 6 heteroatoms. The van der Waals surface area contributed by atoms with Gasteiger partial charge in [0.2, 0.25) is 0 Å². The van der Waals surface area contributed by atoms with Gasteiger partial charge in [-0.05, 0) is 6.07 Å². The summed E-state index contributed by atoms with van der Waals surface area (Å²) < 4.78 is 16.6. The van der Waals surface area contributed by atoms with Crippen LogP contribution in [-0.2, 0) is 0 Å². The molecule has 0 atom stereocenters. The molecule has 12 heavy (non-hydrogen) atoms. The van der Waals surface area contributed by atoms with Crippen LogP contribution in [0.2, 0.25) is 0 Å². The molecule has 0 spiro atoms. The highest BCUT2D eigenvalue weighted by atomic mass is 35.5. The maximum atomic E-state index is 12.6. The summed E-state index contributed by atoms with van der Waals surface area (Å²) in [6.45, 7) is 0. The first-order valence-corrected chi connectivity index (χ1v) is 3.18. The van der Waals surface area contributed by atoms with Crippen LogP contribution in [0.1, 0.15) is 0 Å². The van der Waals surface area contributed by atoms with E-state index >= 15 is 0 Å². The summed E-state index contributed by atoms with van der Waals surface area (Å²) in [5.74, 6) is -1.10. The van der Waals surface area contributed by atoms with Crippen molar-refractivity contribution in [2.75, 3.05) is 0 Å². The summed E-state index contributed by atoms with van der Waals surface area (Å²) in [4.78, 5) is 9.50. The van der Waals surface area contributed by atoms with Gasteiger partial charge in [-0.15, -0.1) is 0 Å². The summed E-state index contributed by atoms with van der Waals surface area (Å²) >= 11 is 4.85. The third-order valence-electron chi connectivity index (χ3n) is 1.21. The Morgan fingerprint density at radius 2 is 2.25 bits per heavy atom. The van der Waals surface area contributed by atoms with Crippen LogP contribution in [0.4, 0.5) is 10.1 Å². The van der Waals surface area contributed by atoms with Crippen LogP contribution in [0.15, 0.2) is 18.2 Å². The van der Waals surface area contributed by atoms with Crippen molar-refractivity contribution in [3.8, 4) is 5.75 Å². The molecule has 0 radical (unpaired) electrons. The van der Waals surface area contributed by atoms with Gasteiger partial charge in [-0.3, -0.25) is 10.1 Å². The molecule has 0 amide bonds. The lowest BCUT2D eigenvalue weighted by atomic mass is 10.3. The largest absolute Gasteiger partial charge is 0.382 e. The van der Waals surface area contributed by atoms with E-state index in [0.29, 0.717) is 0 Å². The zero-order chi connectivity index (χ0) is 9.14. The van der Waals surface area contributed by atoms with Crippen molar-refractivity contribution in [2.45, 2.75) is 0 Å². The molecule has 0 saturated heterocycles. The predicted molar refractivity (Wildman–Crippen MR) is 39.5 cm³/mol. The number of halogens is 2. The number of hydrogen-bond acceptors (Lipinski definition) is 3. The molecule has 1 aromatic carbocycles. The highest BCUT2D eigenvalue weighted by Gasteiger charge is 2.11. The molecule has 1 aromatic rings. The van der Waals surface area contributed by atoms with E-state index in [2.05, 4.69) is 4.29 Å². The van der Waals surface area contributed by atoms with Crippen LogP contribution in [0.3, 0.4) is 0 Å². The molecule has 4 nitrogen and oxygen atoms in total. The lowest BCUT2D eigenvalue weighted by Gasteiger charge is -1.96. The van der Waals surface area contributed by atoms with E-state index in [1.54, 1.807) is 0 Å². The van der Waals surface area contributed by atoms with Gasteiger partial charge in [0.1, 0.15) is 11.9 Å². The minimum Gasteiger partial charge on any atom is -0.382 e. The monoisotopic (exact) mass is 191 g/mol. The summed E-state index contributed by atoms with van der Waals surface area (Å²) in [7, 11) is 0. The van der Waals surface area contributed by atoms with Crippen molar-refractivity contribution in [1.82, 2.24) is 0 Å². The number of nitro groups is 1. The van der Waals surface area contributed by atoms with Crippen LogP contribution in [0, 0.1) is 15.9 Å². The summed E-state index contributed by atoms with van der Waals surface area (Å²) in [6, 6.07) is 2.84. The van der Waals surface area contributed by atoms with Crippen LogP contribution in [-0.4, -0.2) is 4.92 Å². The molecule has 0 saturated carbocycles. The Morgan fingerprint density at radius 3 is 2.75 bits per heavy atom. The molecule has 64 valence electrons. The average molecular weight is 192 g/mol. The van der Waals surface area contributed by atoms with Gasteiger partial charge in [-0.25, -0.2) is 4.39 Å². The van der Waals surface area contributed by atoms with Crippen LogP contribution in [0.5, 0.6) is 5.75 Å². The van der Waals surface area contributed by atoms with Gasteiger partial charge in [0, 0.05) is 6.07 Å². The van der Waals surface area contributed by atoms with Gasteiger partial charge in [0.05, 0.1) is 11.0 Å².